The number of hydrogen-bond donors (Lipinski definition) is 3. The summed E-state index contributed by atoms with van der Waals surface area (Å²) in [6.07, 6.45) is 5.16. The summed E-state index contributed by atoms with van der Waals surface area (Å²) in [5, 5.41) is 13.5. The first-order chi connectivity index (χ1) is 10.2. The molecule has 22 heavy (non-hydrogen) atoms. The average Bonchev–Trinajstić information content (AvgIpc) is 2.45. The highest BCUT2D eigenvalue weighted by atomic mass is 32.1. The summed E-state index contributed by atoms with van der Waals surface area (Å²) in [5.74, 6) is 0.402. The molecule has 122 valence electrons. The minimum Gasteiger partial charge on any atom is -0.388 e. The molecule has 0 atom stereocenters. The van der Waals surface area contributed by atoms with E-state index in [0.717, 1.165) is 25.7 Å². The molecule has 1 aliphatic carbocycles. The summed E-state index contributed by atoms with van der Waals surface area (Å²) in [5.41, 5.74) is -0.0661. The van der Waals surface area contributed by atoms with Crippen molar-refractivity contribution >= 4 is 18.1 Å². The third-order valence-corrected chi connectivity index (χ3v) is 5.12. The molecule has 2 rings (SSSR count). The molecule has 0 bridgehead atoms. The minimum absolute atomic E-state index is 0.229. The van der Waals surface area contributed by atoms with Gasteiger partial charge in [0.15, 0.2) is 0 Å². The van der Waals surface area contributed by atoms with Crippen molar-refractivity contribution < 1.29 is 9.90 Å². The number of aromatic nitrogens is 1. The highest BCUT2D eigenvalue weighted by molar-refractivity contribution is 7.71. The van der Waals surface area contributed by atoms with Gasteiger partial charge in [-0.3, -0.25) is 4.79 Å². The lowest BCUT2D eigenvalue weighted by Gasteiger charge is -2.41. The van der Waals surface area contributed by atoms with E-state index < -0.39 is 5.60 Å². The molecule has 0 aliphatic heterocycles. The van der Waals surface area contributed by atoms with Crippen molar-refractivity contribution in [2.45, 2.75) is 52.1 Å². The molecule has 4 nitrogen and oxygen atoms in total. The lowest BCUT2D eigenvalue weighted by atomic mass is 9.68. The zero-order valence-electron chi connectivity index (χ0n) is 13.6. The van der Waals surface area contributed by atoms with Crippen LogP contribution in [0.4, 0.5) is 0 Å². The number of H-pyrrole nitrogens is 1. The van der Waals surface area contributed by atoms with Gasteiger partial charge in [-0.25, -0.2) is 0 Å². The number of aliphatic hydroxyl groups is 1. The van der Waals surface area contributed by atoms with E-state index in [2.05, 4.69) is 31.1 Å². The normalized spacial score (nSPS) is 25.7. The molecule has 1 amide bonds. The number of nitrogens with one attached hydrogen (secondary N) is 2. The molecule has 1 fully saturated rings. The summed E-state index contributed by atoms with van der Waals surface area (Å²) in [6.45, 7) is 7.04. The van der Waals surface area contributed by atoms with Crippen molar-refractivity contribution in [3.63, 3.8) is 0 Å². The van der Waals surface area contributed by atoms with E-state index in [1.165, 1.54) is 0 Å². The molecule has 0 radical (unpaired) electrons. The van der Waals surface area contributed by atoms with Gasteiger partial charge in [0.1, 0.15) is 4.64 Å². The van der Waals surface area contributed by atoms with Gasteiger partial charge in [0, 0.05) is 12.7 Å². The van der Waals surface area contributed by atoms with Crippen molar-refractivity contribution in [1.82, 2.24) is 10.3 Å². The third kappa shape index (κ3) is 4.17. The van der Waals surface area contributed by atoms with Crippen molar-refractivity contribution in [2.75, 3.05) is 6.54 Å². The Morgan fingerprint density at radius 1 is 1.45 bits per heavy atom. The topological polar surface area (TPSA) is 65.1 Å². The van der Waals surface area contributed by atoms with Gasteiger partial charge in [0.2, 0.25) is 0 Å². The van der Waals surface area contributed by atoms with Crippen LogP contribution in [0.1, 0.15) is 56.8 Å². The number of carbonyl (C=O) groups excluding carboxylic acids is 1. The van der Waals surface area contributed by atoms with Gasteiger partial charge in [0.05, 0.1) is 11.2 Å². The Bertz CT molecular complexity index is 581. The highest BCUT2D eigenvalue weighted by Crippen LogP contribution is 2.41. The van der Waals surface area contributed by atoms with Crippen LogP contribution in [-0.4, -0.2) is 28.1 Å². The maximum atomic E-state index is 12.2. The number of amides is 1. The maximum Gasteiger partial charge on any atom is 0.254 e. The van der Waals surface area contributed by atoms with E-state index in [1.54, 1.807) is 18.3 Å². The first kappa shape index (κ1) is 17.2. The summed E-state index contributed by atoms with van der Waals surface area (Å²) in [4.78, 5) is 15.0. The summed E-state index contributed by atoms with van der Waals surface area (Å²) in [7, 11) is 0. The van der Waals surface area contributed by atoms with Gasteiger partial charge in [-0.1, -0.05) is 33.0 Å². The van der Waals surface area contributed by atoms with E-state index in [9.17, 15) is 9.90 Å². The fourth-order valence-electron chi connectivity index (χ4n) is 3.14. The molecule has 5 heteroatoms. The van der Waals surface area contributed by atoms with Gasteiger partial charge in [-0.15, -0.1) is 0 Å². The SMILES string of the molecule is CC(C)(C)C1CCC(O)(CNC(=O)c2ccc[nH]c2=S)CC1. The molecule has 0 unspecified atom stereocenters. The van der Waals surface area contributed by atoms with Crippen LogP contribution < -0.4 is 5.32 Å². The van der Waals surface area contributed by atoms with Crippen LogP contribution in [-0.2, 0) is 0 Å². The van der Waals surface area contributed by atoms with Gasteiger partial charge < -0.3 is 15.4 Å². The fourth-order valence-corrected chi connectivity index (χ4v) is 3.37. The van der Waals surface area contributed by atoms with Crippen LogP contribution >= 0.6 is 12.2 Å². The second-order valence-electron chi connectivity index (χ2n) is 7.46. The fraction of sp³-hybridized carbons (Fsp3) is 0.647. The van der Waals surface area contributed by atoms with Crippen LogP contribution in [0.3, 0.4) is 0 Å². The van der Waals surface area contributed by atoms with Crippen LogP contribution in [0.15, 0.2) is 18.3 Å². The molecule has 1 aromatic rings. The second kappa shape index (κ2) is 6.50. The minimum atomic E-state index is -0.794. The quantitative estimate of drug-likeness (QED) is 0.747. The zero-order valence-corrected chi connectivity index (χ0v) is 14.4. The molecule has 1 aliphatic rings. The predicted molar refractivity (Wildman–Crippen MR) is 90.3 cm³/mol. The Balaban J connectivity index is 1.91. The molecule has 3 N–H and O–H groups in total. The number of aromatic amines is 1. The lowest BCUT2D eigenvalue weighted by molar-refractivity contribution is -0.0228. The molecule has 1 saturated carbocycles. The van der Waals surface area contributed by atoms with Crippen LogP contribution in [0.25, 0.3) is 0 Å². The van der Waals surface area contributed by atoms with E-state index in [-0.39, 0.29) is 17.9 Å². The standard InChI is InChI=1S/C17H26N2O2S/c1-16(2,3)12-6-8-17(21,9-7-12)11-19-14(20)13-5-4-10-18-15(13)22/h4-5,10,12,21H,6-9,11H2,1-3H3,(H,18,22)(H,19,20). The molecule has 1 heterocycles. The molecule has 1 aromatic heterocycles. The summed E-state index contributed by atoms with van der Waals surface area (Å²) >= 11 is 5.10. The molecular weight excluding hydrogens is 296 g/mol. The Morgan fingerprint density at radius 3 is 2.64 bits per heavy atom. The molecule has 0 aromatic carbocycles. The van der Waals surface area contributed by atoms with E-state index in [1.807, 2.05) is 0 Å². The van der Waals surface area contributed by atoms with Crippen LogP contribution in [0.5, 0.6) is 0 Å². The van der Waals surface area contributed by atoms with Gasteiger partial charge in [-0.05, 0) is 49.1 Å². The van der Waals surface area contributed by atoms with E-state index in [0.29, 0.717) is 16.1 Å². The van der Waals surface area contributed by atoms with Gasteiger partial charge >= 0.3 is 0 Å². The Morgan fingerprint density at radius 2 is 2.09 bits per heavy atom. The number of hydrogen-bond acceptors (Lipinski definition) is 3. The van der Waals surface area contributed by atoms with Crippen LogP contribution in [0, 0.1) is 16.0 Å². The predicted octanol–water partition coefficient (Wildman–Crippen LogP) is 3.44. The summed E-state index contributed by atoms with van der Waals surface area (Å²) < 4.78 is 0.420. The van der Waals surface area contributed by atoms with E-state index in [4.69, 9.17) is 12.2 Å². The molecule has 0 spiro atoms. The van der Waals surface area contributed by atoms with Gasteiger partial charge in [-0.2, -0.15) is 0 Å². The zero-order chi connectivity index (χ0) is 16.4. The number of rotatable bonds is 3. The van der Waals surface area contributed by atoms with E-state index >= 15 is 0 Å². The van der Waals surface area contributed by atoms with Crippen molar-refractivity contribution in [3.8, 4) is 0 Å². The Hall–Kier alpha value is -1.20. The average molecular weight is 322 g/mol. The van der Waals surface area contributed by atoms with Crippen molar-refractivity contribution in [2.24, 2.45) is 11.3 Å². The smallest absolute Gasteiger partial charge is 0.254 e. The lowest BCUT2D eigenvalue weighted by Crippen LogP contribution is -2.46. The number of carbonyl (C=O) groups is 1. The number of pyridine rings is 1. The Kier molecular flexibility index (Phi) is 5.07. The van der Waals surface area contributed by atoms with Crippen molar-refractivity contribution in [3.05, 3.63) is 28.5 Å². The second-order valence-corrected chi connectivity index (χ2v) is 7.87. The molecular formula is C17H26N2O2S. The summed E-state index contributed by atoms with van der Waals surface area (Å²) in [6, 6.07) is 3.43. The first-order valence-electron chi connectivity index (χ1n) is 7.90. The largest absolute Gasteiger partial charge is 0.388 e. The van der Waals surface area contributed by atoms with Gasteiger partial charge in [0.25, 0.3) is 5.91 Å². The monoisotopic (exact) mass is 322 g/mol. The van der Waals surface area contributed by atoms with Crippen LogP contribution in [0.2, 0.25) is 0 Å². The highest BCUT2D eigenvalue weighted by Gasteiger charge is 2.37. The first-order valence-corrected chi connectivity index (χ1v) is 8.30. The Labute approximate surface area is 137 Å². The maximum absolute atomic E-state index is 12.2. The third-order valence-electron chi connectivity index (χ3n) is 4.78. The van der Waals surface area contributed by atoms with Crippen molar-refractivity contribution in [1.29, 1.82) is 0 Å². The molecule has 0 saturated heterocycles.